The van der Waals surface area contributed by atoms with Crippen LogP contribution < -0.4 is 5.32 Å². The highest BCUT2D eigenvalue weighted by Crippen LogP contribution is 2.36. The Labute approximate surface area is 153 Å². The predicted molar refractivity (Wildman–Crippen MR) is 103 cm³/mol. The minimum atomic E-state index is 0.308. The number of hydrogen-bond acceptors (Lipinski definition) is 3. The van der Waals surface area contributed by atoms with E-state index in [0.717, 1.165) is 48.4 Å². The lowest BCUT2D eigenvalue weighted by atomic mass is 9.86. The third-order valence-corrected chi connectivity index (χ3v) is 5.75. The quantitative estimate of drug-likeness (QED) is 0.710. The Morgan fingerprint density at radius 3 is 2.92 bits per heavy atom. The first-order chi connectivity index (χ1) is 12.8. The molecule has 5 rings (SSSR count). The second-order valence-electron chi connectivity index (χ2n) is 7.69. The van der Waals surface area contributed by atoms with Crippen molar-refractivity contribution in [2.45, 2.75) is 44.6 Å². The van der Waals surface area contributed by atoms with Crippen molar-refractivity contribution in [2.75, 3.05) is 5.32 Å². The van der Waals surface area contributed by atoms with Gasteiger partial charge in [-0.2, -0.15) is 10.4 Å². The molecule has 1 heterocycles. The van der Waals surface area contributed by atoms with Crippen LogP contribution in [0.3, 0.4) is 0 Å². The van der Waals surface area contributed by atoms with Crippen LogP contribution in [0, 0.1) is 17.2 Å². The number of H-pyrrole nitrogens is 1. The summed E-state index contributed by atoms with van der Waals surface area (Å²) in [5.41, 5.74) is 6.88. The van der Waals surface area contributed by atoms with Crippen LogP contribution in [0.1, 0.15) is 54.1 Å². The summed E-state index contributed by atoms with van der Waals surface area (Å²) in [5, 5.41) is 21.8. The van der Waals surface area contributed by atoms with E-state index in [1.165, 1.54) is 35.0 Å². The predicted octanol–water partition coefficient (Wildman–Crippen LogP) is 4.88. The summed E-state index contributed by atoms with van der Waals surface area (Å²) >= 11 is 0. The van der Waals surface area contributed by atoms with Crippen LogP contribution in [-0.2, 0) is 12.8 Å². The highest BCUT2D eigenvalue weighted by Gasteiger charge is 2.24. The molecule has 1 saturated carbocycles. The fourth-order valence-corrected chi connectivity index (χ4v) is 4.14. The summed E-state index contributed by atoms with van der Waals surface area (Å²) in [4.78, 5) is 0. The van der Waals surface area contributed by atoms with Crippen molar-refractivity contribution < 1.29 is 0 Å². The Kier molecular flexibility index (Phi) is 3.67. The first kappa shape index (κ1) is 15.5. The molecule has 2 N–H and O–H groups in total. The molecule has 0 spiro atoms. The zero-order valence-electron chi connectivity index (χ0n) is 14.8. The van der Waals surface area contributed by atoms with Crippen molar-refractivity contribution >= 4 is 16.6 Å². The Hall–Kier alpha value is -2.80. The molecule has 1 aromatic heterocycles. The molecule has 3 aromatic rings. The maximum atomic E-state index is 9.14. The maximum absolute atomic E-state index is 9.14. The van der Waals surface area contributed by atoms with E-state index in [1.54, 1.807) is 0 Å². The van der Waals surface area contributed by atoms with Gasteiger partial charge in [0.1, 0.15) is 0 Å². The minimum Gasteiger partial charge on any atom is -0.378 e. The van der Waals surface area contributed by atoms with Crippen molar-refractivity contribution in [3.8, 4) is 6.07 Å². The van der Waals surface area contributed by atoms with Gasteiger partial charge in [-0.1, -0.05) is 6.07 Å². The Bertz CT molecular complexity index is 1010. The number of rotatable bonds is 4. The van der Waals surface area contributed by atoms with E-state index in [9.17, 15) is 0 Å². The van der Waals surface area contributed by atoms with E-state index in [1.807, 2.05) is 6.07 Å². The summed E-state index contributed by atoms with van der Waals surface area (Å²) in [7, 11) is 0. The van der Waals surface area contributed by atoms with Crippen LogP contribution in [0.4, 0.5) is 5.69 Å². The minimum absolute atomic E-state index is 0.308. The van der Waals surface area contributed by atoms with Crippen molar-refractivity contribution in [1.82, 2.24) is 10.2 Å². The molecule has 0 aliphatic heterocycles. The van der Waals surface area contributed by atoms with Gasteiger partial charge in [0.15, 0.2) is 0 Å². The molecule has 4 nitrogen and oxygen atoms in total. The normalized spacial score (nSPS) is 19.1. The van der Waals surface area contributed by atoms with Crippen LogP contribution in [0.5, 0.6) is 0 Å². The lowest BCUT2D eigenvalue weighted by molar-refractivity contribution is 0.600. The molecular formula is C22H22N4. The number of benzene rings is 2. The van der Waals surface area contributed by atoms with Gasteiger partial charge in [-0.25, -0.2) is 0 Å². The number of aromatic nitrogens is 2. The van der Waals surface area contributed by atoms with Crippen LogP contribution >= 0.6 is 0 Å². The standard InChI is InChI=1S/C22H22N4/c23-13-15-6-8-18-16(10-15)2-1-3-20(18)24-17-7-9-21-19(12-17)22(26-25-21)11-14-4-5-14/h6-10,12,14,20,24H,1-5,11H2,(H,25,26)/t20-/m0/s1. The maximum Gasteiger partial charge on any atom is 0.0991 e. The number of nitrogens with zero attached hydrogens (tertiary/aromatic N) is 2. The third-order valence-electron chi connectivity index (χ3n) is 5.75. The van der Waals surface area contributed by atoms with E-state index in [0.29, 0.717) is 6.04 Å². The van der Waals surface area contributed by atoms with Gasteiger partial charge >= 0.3 is 0 Å². The number of fused-ring (bicyclic) bond motifs is 2. The Balaban J connectivity index is 1.44. The molecular weight excluding hydrogens is 320 g/mol. The summed E-state index contributed by atoms with van der Waals surface area (Å²) < 4.78 is 0. The molecule has 1 fully saturated rings. The van der Waals surface area contributed by atoms with Gasteiger partial charge in [-0.3, -0.25) is 5.10 Å². The topological polar surface area (TPSA) is 64.5 Å². The van der Waals surface area contributed by atoms with E-state index in [-0.39, 0.29) is 0 Å². The molecule has 2 aromatic carbocycles. The molecule has 0 unspecified atom stereocenters. The molecule has 0 amide bonds. The fourth-order valence-electron chi connectivity index (χ4n) is 4.14. The Morgan fingerprint density at radius 2 is 2.08 bits per heavy atom. The largest absolute Gasteiger partial charge is 0.378 e. The number of anilines is 1. The lowest BCUT2D eigenvalue weighted by Crippen LogP contribution is -2.17. The van der Waals surface area contributed by atoms with Gasteiger partial charge in [0.25, 0.3) is 0 Å². The van der Waals surface area contributed by atoms with Crippen molar-refractivity contribution in [3.63, 3.8) is 0 Å². The summed E-state index contributed by atoms with van der Waals surface area (Å²) in [6.07, 6.45) is 7.12. The van der Waals surface area contributed by atoms with Crippen molar-refractivity contribution in [3.05, 3.63) is 58.8 Å². The van der Waals surface area contributed by atoms with E-state index < -0.39 is 0 Å². The van der Waals surface area contributed by atoms with Crippen LogP contribution in [0.15, 0.2) is 36.4 Å². The molecule has 4 heteroatoms. The van der Waals surface area contributed by atoms with Crippen LogP contribution in [0.2, 0.25) is 0 Å². The number of nitrogens with one attached hydrogen (secondary N) is 2. The number of aryl methyl sites for hydroxylation is 1. The van der Waals surface area contributed by atoms with E-state index in [2.05, 4.69) is 51.9 Å². The average molecular weight is 342 g/mol. The van der Waals surface area contributed by atoms with Gasteiger partial charge in [0.2, 0.25) is 0 Å². The first-order valence-corrected chi connectivity index (χ1v) is 9.56. The molecule has 0 radical (unpaired) electrons. The second kappa shape index (κ2) is 6.17. The zero-order valence-corrected chi connectivity index (χ0v) is 14.8. The summed E-state index contributed by atoms with van der Waals surface area (Å²) in [5.74, 6) is 0.831. The number of aromatic amines is 1. The average Bonchev–Trinajstić information content (AvgIpc) is 3.41. The van der Waals surface area contributed by atoms with Gasteiger partial charge < -0.3 is 5.32 Å². The molecule has 130 valence electrons. The van der Waals surface area contributed by atoms with Crippen LogP contribution in [-0.4, -0.2) is 10.2 Å². The SMILES string of the molecule is N#Cc1ccc2c(c1)CCC[C@@H]2Nc1ccc2[nH]nc(CC3CC3)c2c1. The van der Waals surface area contributed by atoms with Gasteiger partial charge in [-0.15, -0.1) is 0 Å². The first-order valence-electron chi connectivity index (χ1n) is 9.56. The zero-order chi connectivity index (χ0) is 17.5. The number of hydrogen-bond donors (Lipinski definition) is 2. The van der Waals surface area contributed by atoms with E-state index in [4.69, 9.17) is 5.26 Å². The fraction of sp³-hybridized carbons (Fsp3) is 0.364. The van der Waals surface area contributed by atoms with Gasteiger partial charge in [-0.05, 0) is 85.9 Å². The molecule has 0 bridgehead atoms. The molecule has 0 saturated heterocycles. The summed E-state index contributed by atoms with van der Waals surface area (Å²) in [6.45, 7) is 0. The highest BCUT2D eigenvalue weighted by molar-refractivity contribution is 5.85. The number of nitriles is 1. The highest BCUT2D eigenvalue weighted by atomic mass is 15.1. The third kappa shape index (κ3) is 2.84. The monoisotopic (exact) mass is 342 g/mol. The van der Waals surface area contributed by atoms with E-state index >= 15 is 0 Å². The lowest BCUT2D eigenvalue weighted by Gasteiger charge is -2.27. The van der Waals surface area contributed by atoms with Crippen molar-refractivity contribution in [1.29, 1.82) is 5.26 Å². The molecule has 26 heavy (non-hydrogen) atoms. The Morgan fingerprint density at radius 1 is 1.15 bits per heavy atom. The van der Waals surface area contributed by atoms with Crippen molar-refractivity contribution in [2.24, 2.45) is 5.92 Å². The second-order valence-corrected chi connectivity index (χ2v) is 7.69. The smallest absolute Gasteiger partial charge is 0.0991 e. The molecule has 2 aliphatic carbocycles. The van der Waals surface area contributed by atoms with Crippen LogP contribution in [0.25, 0.3) is 10.9 Å². The van der Waals surface area contributed by atoms with Gasteiger partial charge in [0, 0.05) is 11.1 Å². The molecule has 1 atom stereocenters. The van der Waals surface area contributed by atoms with Gasteiger partial charge in [0.05, 0.1) is 28.9 Å². The molecule has 2 aliphatic rings. The summed E-state index contributed by atoms with van der Waals surface area (Å²) in [6, 6.07) is 15.2.